The molecule has 4 aromatic rings. The van der Waals surface area contributed by atoms with Crippen LogP contribution in [0.1, 0.15) is 88.2 Å². The Balaban J connectivity index is 1.21. The minimum atomic E-state index is -4.53. The molecule has 8 aliphatic rings. The first-order valence-corrected chi connectivity index (χ1v) is 20.8. The predicted octanol–water partition coefficient (Wildman–Crippen LogP) is 8.94. The molecule has 0 spiro atoms. The lowest BCUT2D eigenvalue weighted by atomic mass is 9.46. The maximum absolute atomic E-state index is 15.1. The molecule has 0 unspecified atom stereocenters. The van der Waals surface area contributed by atoms with Gasteiger partial charge in [-0.2, -0.15) is 16.8 Å². The molecule has 8 bridgehead atoms. The Morgan fingerprint density at radius 3 is 1.52 bits per heavy atom. The van der Waals surface area contributed by atoms with E-state index in [2.05, 4.69) is 30.3 Å². The summed E-state index contributed by atoms with van der Waals surface area (Å²) in [4.78, 5) is 0.0451. The SMILES string of the molecule is O=S(=O)(O)c1ccc(OS(=O)(=O)c2cc(C34CC5CC(CC(C5)C3)C4)c3ccccc3c2C23CC4CC(CC(C4)C2)C3)c2ccccc12. The Bertz CT molecular complexity index is 2170. The Hall–Kier alpha value is -2.94. The molecule has 12 rings (SSSR count). The Kier molecular flexibility index (Phi) is 6.28. The van der Waals surface area contributed by atoms with Gasteiger partial charge in [-0.15, -0.1) is 0 Å². The lowest BCUT2D eigenvalue weighted by Crippen LogP contribution is -2.50. The van der Waals surface area contributed by atoms with Crippen molar-refractivity contribution >= 4 is 41.8 Å². The highest BCUT2D eigenvalue weighted by Crippen LogP contribution is 2.65. The molecule has 0 aliphatic heterocycles. The van der Waals surface area contributed by atoms with Crippen molar-refractivity contribution in [2.24, 2.45) is 35.5 Å². The average Bonchev–Trinajstić information content (AvgIpc) is 3.02. The molecule has 8 aliphatic carbocycles. The van der Waals surface area contributed by atoms with E-state index in [1.165, 1.54) is 61.6 Å². The van der Waals surface area contributed by atoms with Crippen molar-refractivity contribution in [2.45, 2.75) is 97.7 Å². The van der Waals surface area contributed by atoms with E-state index in [0.717, 1.165) is 49.5 Å². The smallest absolute Gasteiger partial charge is 0.339 e. The number of benzene rings is 4. The van der Waals surface area contributed by atoms with Crippen LogP contribution in [-0.2, 0) is 31.1 Å². The summed E-state index contributed by atoms with van der Waals surface area (Å²) >= 11 is 0. The minimum absolute atomic E-state index is 0.0253. The quantitative estimate of drug-likeness (QED) is 0.161. The molecule has 0 atom stereocenters. The summed E-state index contributed by atoms with van der Waals surface area (Å²) in [7, 11) is -8.91. The summed E-state index contributed by atoms with van der Waals surface area (Å²) in [5.74, 6) is 4.09. The zero-order chi connectivity index (χ0) is 32.6. The molecule has 48 heavy (non-hydrogen) atoms. The highest BCUT2D eigenvalue weighted by molar-refractivity contribution is 7.87. The fraction of sp³-hybridized carbons (Fsp3) is 0.500. The number of rotatable bonds is 6. The van der Waals surface area contributed by atoms with Crippen molar-refractivity contribution in [1.82, 2.24) is 0 Å². The summed E-state index contributed by atoms with van der Waals surface area (Å²) < 4.78 is 70.7. The van der Waals surface area contributed by atoms with E-state index in [0.29, 0.717) is 45.8 Å². The summed E-state index contributed by atoms with van der Waals surface area (Å²) in [6.07, 6.45) is 14.1. The molecule has 1 N–H and O–H groups in total. The second kappa shape index (κ2) is 10.1. The monoisotopic (exact) mass is 682 g/mol. The molecular weight excluding hydrogens is 641 g/mol. The van der Waals surface area contributed by atoms with E-state index in [4.69, 9.17) is 4.18 Å². The van der Waals surface area contributed by atoms with Crippen LogP contribution < -0.4 is 4.18 Å². The summed E-state index contributed by atoms with van der Waals surface area (Å²) in [5, 5.41) is 2.87. The van der Waals surface area contributed by atoms with Crippen LogP contribution in [0.25, 0.3) is 21.5 Å². The maximum Gasteiger partial charge on any atom is 0.339 e. The van der Waals surface area contributed by atoms with E-state index in [1.54, 1.807) is 24.3 Å². The van der Waals surface area contributed by atoms with Gasteiger partial charge in [0.25, 0.3) is 10.1 Å². The van der Waals surface area contributed by atoms with Crippen LogP contribution in [0.15, 0.2) is 76.5 Å². The normalized spacial score (nSPS) is 35.1. The molecule has 8 heteroatoms. The molecule has 0 radical (unpaired) electrons. The molecule has 0 amide bonds. The van der Waals surface area contributed by atoms with Gasteiger partial charge in [0.2, 0.25) is 0 Å². The van der Waals surface area contributed by atoms with E-state index in [-0.39, 0.29) is 26.9 Å². The van der Waals surface area contributed by atoms with Gasteiger partial charge in [-0.25, -0.2) is 0 Å². The second-order valence-corrected chi connectivity index (χ2v) is 19.8. The fourth-order valence-corrected chi connectivity index (χ4v) is 15.1. The third kappa shape index (κ3) is 4.43. The third-order valence-corrected chi connectivity index (χ3v) is 15.9. The Labute approximate surface area is 283 Å². The van der Waals surface area contributed by atoms with Crippen molar-refractivity contribution in [3.63, 3.8) is 0 Å². The number of hydrogen-bond donors (Lipinski definition) is 1. The van der Waals surface area contributed by atoms with Crippen LogP contribution in [0.4, 0.5) is 0 Å². The standard InChI is InChI=1S/C40H42O6S2/c41-47(42,43)36-10-9-35(31-6-2-3-7-32(31)36)46-48(44,45)37-17-34(39-18-24-11-25(19-39)13-26(12-24)20-39)30-5-1-4-8-33(30)38(37)40-21-27-14-28(22-40)16-29(15-27)23-40/h1-10,17,24-29H,11-16,18-23H2,(H,41,42,43). The number of hydrogen-bond acceptors (Lipinski definition) is 5. The van der Waals surface area contributed by atoms with Gasteiger partial charge < -0.3 is 4.18 Å². The van der Waals surface area contributed by atoms with E-state index in [9.17, 15) is 13.0 Å². The molecule has 8 fully saturated rings. The average molecular weight is 683 g/mol. The van der Waals surface area contributed by atoms with Crippen LogP contribution in [0, 0.1) is 35.5 Å². The predicted molar refractivity (Wildman–Crippen MR) is 185 cm³/mol. The van der Waals surface area contributed by atoms with Crippen molar-refractivity contribution in [1.29, 1.82) is 0 Å². The topological polar surface area (TPSA) is 97.7 Å². The van der Waals surface area contributed by atoms with E-state index >= 15 is 8.42 Å². The zero-order valence-electron chi connectivity index (χ0n) is 27.1. The maximum atomic E-state index is 15.1. The molecule has 0 aromatic heterocycles. The molecule has 4 aromatic carbocycles. The minimum Gasteiger partial charge on any atom is -0.378 e. The van der Waals surface area contributed by atoms with Gasteiger partial charge in [-0.1, -0.05) is 48.5 Å². The van der Waals surface area contributed by atoms with Crippen molar-refractivity contribution in [3.05, 3.63) is 77.9 Å². The molecule has 0 heterocycles. The van der Waals surface area contributed by atoms with Crippen molar-refractivity contribution in [3.8, 4) is 5.75 Å². The van der Waals surface area contributed by atoms with Crippen LogP contribution in [0.3, 0.4) is 0 Å². The molecule has 250 valence electrons. The van der Waals surface area contributed by atoms with Crippen molar-refractivity contribution < 1.29 is 25.6 Å². The lowest BCUT2D eigenvalue weighted by molar-refractivity contribution is -0.00703. The van der Waals surface area contributed by atoms with E-state index in [1.807, 2.05) is 0 Å². The highest BCUT2D eigenvalue weighted by Gasteiger charge is 2.56. The zero-order valence-corrected chi connectivity index (χ0v) is 28.7. The Morgan fingerprint density at radius 1 is 0.542 bits per heavy atom. The molecule has 6 nitrogen and oxygen atoms in total. The lowest BCUT2D eigenvalue weighted by Gasteiger charge is -2.58. The van der Waals surface area contributed by atoms with Crippen LogP contribution >= 0.6 is 0 Å². The summed E-state index contributed by atoms with van der Waals surface area (Å²) in [6.45, 7) is 0. The van der Waals surface area contributed by atoms with Crippen LogP contribution in [0.2, 0.25) is 0 Å². The van der Waals surface area contributed by atoms with Crippen LogP contribution in [0.5, 0.6) is 5.75 Å². The molecular formula is C40H42O6S2. The second-order valence-electron chi connectivity index (χ2n) is 16.9. The van der Waals surface area contributed by atoms with Gasteiger partial charge in [0.1, 0.15) is 9.79 Å². The first kappa shape index (κ1) is 29.9. The fourth-order valence-electron chi connectivity index (χ4n) is 13.1. The van der Waals surface area contributed by atoms with Crippen LogP contribution in [-0.4, -0.2) is 21.4 Å². The van der Waals surface area contributed by atoms with Crippen molar-refractivity contribution in [2.75, 3.05) is 0 Å². The van der Waals surface area contributed by atoms with Gasteiger partial charge >= 0.3 is 10.1 Å². The largest absolute Gasteiger partial charge is 0.378 e. The van der Waals surface area contributed by atoms with E-state index < -0.39 is 20.2 Å². The Morgan fingerprint density at radius 2 is 1.00 bits per heavy atom. The number of fused-ring (bicyclic) bond motifs is 2. The van der Waals surface area contributed by atoms with Gasteiger partial charge in [0, 0.05) is 10.8 Å². The summed E-state index contributed by atoms with van der Waals surface area (Å²) in [5.41, 5.74) is 1.92. The van der Waals surface area contributed by atoms with Gasteiger partial charge in [0.15, 0.2) is 5.75 Å². The summed E-state index contributed by atoms with van der Waals surface area (Å²) in [6, 6.07) is 19.9. The van der Waals surface area contributed by atoms with Gasteiger partial charge in [-0.05, 0) is 163 Å². The first-order chi connectivity index (χ1) is 23.0. The molecule has 8 saturated carbocycles. The highest BCUT2D eigenvalue weighted by atomic mass is 32.2. The van der Waals surface area contributed by atoms with Gasteiger partial charge in [0.05, 0.1) is 0 Å². The third-order valence-electron chi connectivity index (χ3n) is 13.8. The first-order valence-electron chi connectivity index (χ1n) is 18.0. The van der Waals surface area contributed by atoms with Gasteiger partial charge in [-0.3, -0.25) is 4.55 Å². The molecule has 0 saturated heterocycles.